The molecule has 0 aromatic carbocycles. The summed E-state index contributed by atoms with van der Waals surface area (Å²) in [6.45, 7) is 6.53. The van der Waals surface area contributed by atoms with Crippen molar-refractivity contribution in [2.75, 3.05) is 0 Å². The minimum absolute atomic E-state index is 0.0287. The van der Waals surface area contributed by atoms with E-state index < -0.39 is 87.0 Å². The van der Waals surface area contributed by atoms with Crippen molar-refractivity contribution in [1.29, 1.82) is 0 Å². The Morgan fingerprint density at radius 1 is 1.08 bits per heavy atom. The first kappa shape index (κ1) is 24.6. The molecular weight excluding hydrogens is 496 g/mol. The Morgan fingerprint density at radius 3 is 2.50 bits per heavy atom. The number of aliphatic hydroxyl groups is 3. The van der Waals surface area contributed by atoms with Crippen LogP contribution in [-0.2, 0) is 33.4 Å². The molecule has 0 radical (unpaired) electrons. The topological polar surface area (TPSA) is 157 Å². The number of ketones is 2. The molecule has 0 amide bonds. The molecule has 4 heterocycles. The number of hydrogen-bond donors (Lipinski definition) is 3. The lowest BCUT2D eigenvalue weighted by Gasteiger charge is -2.61. The Kier molecular flexibility index (Phi) is 4.31. The average molecular weight is 529 g/mol. The molecule has 0 aromatic heterocycles. The number of carbonyl (C=O) groups excluding carboxylic acids is 4. The van der Waals surface area contributed by atoms with Crippen molar-refractivity contribution in [2.24, 2.45) is 34.5 Å². The fraction of sp³-hybridized carbons (Fsp3) is 0.714. The van der Waals surface area contributed by atoms with Crippen molar-refractivity contribution in [3.63, 3.8) is 0 Å². The molecule has 7 aliphatic rings. The van der Waals surface area contributed by atoms with Crippen molar-refractivity contribution in [3.05, 3.63) is 23.8 Å². The van der Waals surface area contributed by atoms with Crippen LogP contribution in [0.15, 0.2) is 23.8 Å². The van der Waals surface area contributed by atoms with Crippen molar-refractivity contribution in [2.45, 2.75) is 88.2 Å². The molecule has 4 saturated heterocycles. The Balaban J connectivity index is 1.52. The first-order valence-corrected chi connectivity index (χ1v) is 13.4. The maximum absolute atomic E-state index is 14.6. The zero-order chi connectivity index (χ0) is 27.4. The summed E-state index contributed by atoms with van der Waals surface area (Å²) < 4.78 is 18.0. The van der Waals surface area contributed by atoms with Crippen molar-refractivity contribution < 1.29 is 48.7 Å². The summed E-state index contributed by atoms with van der Waals surface area (Å²) in [5.74, 6) is -9.49. The quantitative estimate of drug-likeness (QED) is 0.379. The molecule has 4 bridgehead atoms. The van der Waals surface area contributed by atoms with E-state index in [1.54, 1.807) is 32.9 Å². The molecule has 3 N–H and O–H groups in total. The van der Waals surface area contributed by atoms with Gasteiger partial charge in [0.2, 0.25) is 5.79 Å². The molecular formula is C28H32O10. The van der Waals surface area contributed by atoms with E-state index in [1.165, 1.54) is 13.0 Å². The molecule has 1 saturated carbocycles. The number of fused-ring (bicyclic) bond motifs is 9. The van der Waals surface area contributed by atoms with E-state index in [0.29, 0.717) is 5.57 Å². The number of allylic oxidation sites excluding steroid dienone is 3. The third-order valence-electron chi connectivity index (χ3n) is 11.8. The lowest BCUT2D eigenvalue weighted by atomic mass is 9.46. The van der Waals surface area contributed by atoms with Gasteiger partial charge in [-0.1, -0.05) is 32.1 Å². The second-order valence-electron chi connectivity index (χ2n) is 13.1. The summed E-state index contributed by atoms with van der Waals surface area (Å²) in [4.78, 5) is 54.6. The van der Waals surface area contributed by atoms with Gasteiger partial charge in [0.05, 0.1) is 29.3 Å². The number of Topliss-reactive ketones (excluding diaryl/α,β-unsaturated/α-hetero) is 2. The van der Waals surface area contributed by atoms with Gasteiger partial charge in [0.25, 0.3) is 0 Å². The number of hydrogen-bond acceptors (Lipinski definition) is 10. The second kappa shape index (κ2) is 6.66. The third kappa shape index (κ3) is 2.19. The molecule has 4 unspecified atom stereocenters. The molecule has 4 aliphatic heterocycles. The molecule has 0 aromatic rings. The lowest BCUT2D eigenvalue weighted by molar-refractivity contribution is -0.350. The van der Waals surface area contributed by atoms with Crippen LogP contribution in [0.2, 0.25) is 0 Å². The van der Waals surface area contributed by atoms with Gasteiger partial charge in [-0.3, -0.25) is 14.4 Å². The van der Waals surface area contributed by atoms with E-state index in [2.05, 4.69) is 0 Å². The van der Waals surface area contributed by atoms with E-state index in [9.17, 15) is 34.5 Å². The zero-order valence-corrected chi connectivity index (χ0v) is 21.7. The summed E-state index contributed by atoms with van der Waals surface area (Å²) in [7, 11) is 0. The Labute approximate surface area is 219 Å². The van der Waals surface area contributed by atoms with Crippen molar-refractivity contribution in [3.8, 4) is 0 Å². The minimum Gasteiger partial charge on any atom is -0.458 e. The van der Waals surface area contributed by atoms with Crippen LogP contribution in [0.4, 0.5) is 0 Å². The van der Waals surface area contributed by atoms with Gasteiger partial charge in [-0.15, -0.1) is 0 Å². The Hall–Kier alpha value is -2.40. The average Bonchev–Trinajstić information content (AvgIpc) is 3.19. The largest absolute Gasteiger partial charge is 0.458 e. The van der Waals surface area contributed by atoms with Crippen LogP contribution < -0.4 is 0 Å². The fourth-order valence-electron chi connectivity index (χ4n) is 9.48. The number of ether oxygens (including phenoxy) is 3. The molecule has 3 aliphatic carbocycles. The van der Waals surface area contributed by atoms with Gasteiger partial charge in [0, 0.05) is 6.42 Å². The summed E-state index contributed by atoms with van der Waals surface area (Å²) in [5, 5.41) is 36.1. The van der Waals surface area contributed by atoms with Crippen LogP contribution in [0.25, 0.3) is 0 Å². The summed E-state index contributed by atoms with van der Waals surface area (Å²) in [6.07, 6.45) is 2.64. The normalized spacial score (nSPS) is 58.1. The molecule has 204 valence electrons. The van der Waals surface area contributed by atoms with Gasteiger partial charge in [-0.2, -0.15) is 0 Å². The summed E-state index contributed by atoms with van der Waals surface area (Å²) in [5.41, 5.74) is -8.02. The molecule has 12 atom stereocenters. The van der Waals surface area contributed by atoms with Crippen LogP contribution in [0, 0.1) is 34.5 Å². The van der Waals surface area contributed by atoms with Crippen LogP contribution in [0.3, 0.4) is 0 Å². The number of rotatable bonds is 0. The Morgan fingerprint density at radius 2 is 1.79 bits per heavy atom. The van der Waals surface area contributed by atoms with Gasteiger partial charge in [0.1, 0.15) is 11.9 Å². The molecule has 38 heavy (non-hydrogen) atoms. The number of aliphatic hydroxyl groups excluding tert-OH is 1. The first-order chi connectivity index (χ1) is 17.6. The first-order valence-electron chi connectivity index (χ1n) is 13.4. The number of esters is 2. The highest BCUT2D eigenvalue weighted by Gasteiger charge is 2.92. The van der Waals surface area contributed by atoms with Crippen LogP contribution in [0.5, 0.6) is 0 Å². The SMILES string of the molecule is C[C@@H]1C(=O)O[C@@H]2C[C@@]1(C)C1C(=O)[C@]3(O)O[C@@]14[C@@](O)(CCC1C3C(O)C=C3C=CCC(=O)[C@@]31C)C(=O)O[C@@]24C. The van der Waals surface area contributed by atoms with E-state index >= 15 is 0 Å². The zero-order valence-electron chi connectivity index (χ0n) is 21.7. The standard InChI is InChI=1S/C28H32O10/c1-12-21(32)36-17-11-23(12,2)19-20(31)27(35)18-14(24(3)13(10-15(18)29)6-5-7-16(24)30)8-9-26(34)22(33)37-25(17,4)28(19,26)38-27/h5-6,10,12,14-15,17-19,29,34-35H,7-9,11H2,1-4H3/t12-,14?,15?,17-,18?,19?,23-,24+,25+,26-,27-,28+/m1/s1. The maximum Gasteiger partial charge on any atom is 0.342 e. The van der Waals surface area contributed by atoms with E-state index in [-0.39, 0.29) is 31.5 Å². The van der Waals surface area contributed by atoms with E-state index in [4.69, 9.17) is 14.2 Å². The van der Waals surface area contributed by atoms with Crippen LogP contribution >= 0.6 is 0 Å². The van der Waals surface area contributed by atoms with Crippen LogP contribution in [0.1, 0.15) is 53.4 Å². The summed E-state index contributed by atoms with van der Waals surface area (Å²) in [6, 6.07) is 0. The predicted octanol–water partition coefficient (Wildman–Crippen LogP) is 0.510. The van der Waals surface area contributed by atoms with Crippen molar-refractivity contribution >= 4 is 23.5 Å². The molecule has 7 rings (SSSR count). The number of carbonyl (C=O) groups is 4. The van der Waals surface area contributed by atoms with Gasteiger partial charge in [0.15, 0.2) is 22.6 Å². The highest BCUT2D eigenvalue weighted by molar-refractivity contribution is 5.99. The fourth-order valence-corrected chi connectivity index (χ4v) is 9.48. The van der Waals surface area contributed by atoms with E-state index in [1.807, 2.05) is 0 Å². The smallest absolute Gasteiger partial charge is 0.342 e. The lowest BCUT2D eigenvalue weighted by Crippen LogP contribution is -2.78. The van der Waals surface area contributed by atoms with Crippen molar-refractivity contribution in [1.82, 2.24) is 0 Å². The minimum atomic E-state index is -2.67. The molecule has 10 nitrogen and oxygen atoms in total. The second-order valence-corrected chi connectivity index (χ2v) is 13.1. The molecule has 10 heteroatoms. The van der Waals surface area contributed by atoms with Gasteiger partial charge >= 0.3 is 11.9 Å². The monoisotopic (exact) mass is 528 g/mol. The van der Waals surface area contributed by atoms with Crippen LogP contribution in [-0.4, -0.2) is 73.6 Å². The molecule has 5 fully saturated rings. The van der Waals surface area contributed by atoms with Gasteiger partial charge < -0.3 is 29.5 Å². The highest BCUT2D eigenvalue weighted by atomic mass is 16.7. The predicted molar refractivity (Wildman–Crippen MR) is 126 cm³/mol. The third-order valence-corrected chi connectivity index (χ3v) is 11.8. The maximum atomic E-state index is 14.6. The van der Waals surface area contributed by atoms with E-state index in [0.717, 1.165) is 0 Å². The molecule has 1 spiro atoms. The van der Waals surface area contributed by atoms with Gasteiger partial charge in [-0.05, 0) is 50.0 Å². The van der Waals surface area contributed by atoms with Gasteiger partial charge in [-0.25, -0.2) is 4.79 Å². The summed E-state index contributed by atoms with van der Waals surface area (Å²) >= 11 is 0. The Bertz CT molecular complexity index is 1300. The highest BCUT2D eigenvalue weighted by Crippen LogP contribution is 2.73.